The number of hydrogen-bond acceptors (Lipinski definition) is 1. The van der Waals surface area contributed by atoms with Crippen molar-refractivity contribution in [3.63, 3.8) is 0 Å². The molecule has 0 amide bonds. The van der Waals surface area contributed by atoms with Crippen LogP contribution in [0.15, 0.2) is 4.99 Å². The van der Waals surface area contributed by atoms with Crippen LogP contribution in [0.5, 0.6) is 0 Å². The van der Waals surface area contributed by atoms with Crippen molar-refractivity contribution in [2.45, 2.75) is 25.9 Å². The maximum Gasteiger partial charge on any atom is 0.392 e. The zero-order valence-corrected chi connectivity index (χ0v) is 6.28. The first kappa shape index (κ1) is 8.56. The average molecular weight is 165 g/mol. The Hall–Kier alpha value is -0.540. The predicted molar refractivity (Wildman–Crippen MR) is 36.8 cm³/mol. The summed E-state index contributed by atoms with van der Waals surface area (Å²) in [5, 5.41) is 0. The highest BCUT2D eigenvalue weighted by molar-refractivity contribution is 5.82. The number of hydrogen-bond donors (Lipinski definition) is 0. The maximum atomic E-state index is 12.1. The summed E-state index contributed by atoms with van der Waals surface area (Å²) in [7, 11) is 0. The average Bonchev–Trinajstić information content (AvgIpc) is 1.86. The Morgan fingerprint density at radius 2 is 2.09 bits per heavy atom. The Bertz CT molecular complexity index is 171. The first-order valence-corrected chi connectivity index (χ1v) is 3.57. The summed E-state index contributed by atoms with van der Waals surface area (Å²) in [5.41, 5.74) is 0.624. The van der Waals surface area contributed by atoms with E-state index in [0.29, 0.717) is 12.3 Å². The van der Waals surface area contributed by atoms with Gasteiger partial charge in [-0.3, -0.25) is 4.99 Å². The summed E-state index contributed by atoms with van der Waals surface area (Å²) in [4.78, 5) is 3.91. The summed E-state index contributed by atoms with van der Waals surface area (Å²) < 4.78 is 36.2. The fraction of sp³-hybridized carbons (Fsp3) is 0.857. The molecular formula is C7H10F3N. The summed E-state index contributed by atoms with van der Waals surface area (Å²) >= 11 is 0. The number of rotatable bonds is 0. The molecule has 0 bridgehead atoms. The van der Waals surface area contributed by atoms with Gasteiger partial charge < -0.3 is 0 Å². The first-order valence-electron chi connectivity index (χ1n) is 3.57. The van der Waals surface area contributed by atoms with Crippen molar-refractivity contribution in [3.8, 4) is 0 Å². The van der Waals surface area contributed by atoms with E-state index >= 15 is 0 Å². The van der Waals surface area contributed by atoms with E-state index in [1.54, 1.807) is 6.92 Å². The molecule has 64 valence electrons. The van der Waals surface area contributed by atoms with Crippen LogP contribution in [0.1, 0.15) is 19.8 Å². The Morgan fingerprint density at radius 1 is 1.45 bits per heavy atom. The Kier molecular flexibility index (Phi) is 2.20. The van der Waals surface area contributed by atoms with Gasteiger partial charge in [-0.05, 0) is 19.8 Å². The summed E-state index contributed by atoms with van der Waals surface area (Å²) in [5.74, 6) is -1.15. The van der Waals surface area contributed by atoms with Gasteiger partial charge in [0.2, 0.25) is 0 Å². The summed E-state index contributed by atoms with van der Waals surface area (Å²) in [6.45, 7) is 1.98. The molecular weight excluding hydrogens is 155 g/mol. The molecule has 0 N–H and O–H groups in total. The van der Waals surface area contributed by atoms with Crippen molar-refractivity contribution < 1.29 is 13.2 Å². The molecule has 11 heavy (non-hydrogen) atoms. The molecule has 1 heterocycles. The van der Waals surface area contributed by atoms with Gasteiger partial charge in [0.25, 0.3) is 0 Å². The van der Waals surface area contributed by atoms with E-state index < -0.39 is 12.1 Å². The zero-order chi connectivity index (χ0) is 8.48. The molecule has 1 aliphatic rings. The van der Waals surface area contributed by atoms with Gasteiger partial charge in [0.15, 0.2) is 0 Å². The molecule has 0 aromatic rings. The minimum absolute atomic E-state index is 0.0868. The second-order valence-electron chi connectivity index (χ2n) is 2.85. The number of alkyl halides is 3. The molecule has 0 fully saturated rings. The Labute approximate surface area is 63.3 Å². The van der Waals surface area contributed by atoms with Crippen LogP contribution in [0.25, 0.3) is 0 Å². The molecule has 1 unspecified atom stereocenters. The minimum atomic E-state index is -4.03. The lowest BCUT2D eigenvalue weighted by molar-refractivity contribution is -0.174. The van der Waals surface area contributed by atoms with E-state index in [2.05, 4.69) is 4.99 Å². The molecule has 0 radical (unpaired) electrons. The monoisotopic (exact) mass is 165 g/mol. The van der Waals surface area contributed by atoms with Crippen LogP contribution in [-0.2, 0) is 0 Å². The van der Waals surface area contributed by atoms with E-state index in [0.717, 1.165) is 0 Å². The van der Waals surface area contributed by atoms with Gasteiger partial charge in [-0.2, -0.15) is 13.2 Å². The van der Waals surface area contributed by atoms with Crippen molar-refractivity contribution in [2.24, 2.45) is 10.9 Å². The smallest absolute Gasteiger partial charge is 0.294 e. The van der Waals surface area contributed by atoms with Crippen molar-refractivity contribution in [2.75, 3.05) is 6.54 Å². The number of halogens is 3. The van der Waals surface area contributed by atoms with Crippen LogP contribution >= 0.6 is 0 Å². The third-order valence-corrected chi connectivity index (χ3v) is 1.86. The van der Waals surface area contributed by atoms with Gasteiger partial charge in [-0.1, -0.05) is 0 Å². The fourth-order valence-electron chi connectivity index (χ4n) is 1.21. The van der Waals surface area contributed by atoms with Crippen LogP contribution in [0.3, 0.4) is 0 Å². The summed E-state index contributed by atoms with van der Waals surface area (Å²) in [6.07, 6.45) is -3.79. The molecule has 0 saturated heterocycles. The second kappa shape index (κ2) is 2.83. The zero-order valence-electron chi connectivity index (χ0n) is 6.28. The summed E-state index contributed by atoms with van der Waals surface area (Å²) in [6, 6.07) is 0. The predicted octanol–water partition coefficient (Wildman–Crippen LogP) is 2.42. The van der Waals surface area contributed by atoms with Crippen molar-refractivity contribution in [3.05, 3.63) is 0 Å². The molecule has 1 rings (SSSR count). The number of aliphatic imine (C=N–C) groups is 1. The number of nitrogens with zero attached hydrogens (tertiary/aromatic N) is 1. The lowest BCUT2D eigenvalue weighted by atomic mass is 9.96. The van der Waals surface area contributed by atoms with Gasteiger partial charge in [0, 0.05) is 12.3 Å². The highest BCUT2D eigenvalue weighted by Gasteiger charge is 2.40. The topological polar surface area (TPSA) is 12.4 Å². The molecule has 1 atom stereocenters. The first-order chi connectivity index (χ1) is 5.00. The molecule has 0 aliphatic carbocycles. The minimum Gasteiger partial charge on any atom is -0.294 e. The molecule has 1 aliphatic heterocycles. The maximum absolute atomic E-state index is 12.1. The largest absolute Gasteiger partial charge is 0.392 e. The molecule has 4 heteroatoms. The normalized spacial score (nSPS) is 26.5. The van der Waals surface area contributed by atoms with E-state index in [1.807, 2.05) is 0 Å². The van der Waals surface area contributed by atoms with E-state index in [9.17, 15) is 13.2 Å². The van der Waals surface area contributed by atoms with Gasteiger partial charge in [0.1, 0.15) is 0 Å². The van der Waals surface area contributed by atoms with Gasteiger partial charge in [-0.25, -0.2) is 0 Å². The fourth-order valence-corrected chi connectivity index (χ4v) is 1.21. The van der Waals surface area contributed by atoms with Crippen molar-refractivity contribution in [1.29, 1.82) is 0 Å². The van der Waals surface area contributed by atoms with Crippen LogP contribution in [0, 0.1) is 5.92 Å². The van der Waals surface area contributed by atoms with Crippen molar-refractivity contribution in [1.82, 2.24) is 0 Å². The lowest BCUT2D eigenvalue weighted by Gasteiger charge is -2.22. The van der Waals surface area contributed by atoms with Crippen LogP contribution in [0.4, 0.5) is 13.2 Å². The third kappa shape index (κ3) is 2.20. The highest BCUT2D eigenvalue weighted by atomic mass is 19.4. The highest BCUT2D eigenvalue weighted by Crippen LogP contribution is 2.33. The molecule has 0 saturated carbocycles. The van der Waals surface area contributed by atoms with E-state index in [1.165, 1.54) is 0 Å². The molecule has 0 spiro atoms. The quantitative estimate of drug-likeness (QED) is 0.522. The van der Waals surface area contributed by atoms with Gasteiger partial charge in [0.05, 0.1) is 5.92 Å². The molecule has 1 nitrogen and oxygen atoms in total. The van der Waals surface area contributed by atoms with Gasteiger partial charge in [-0.15, -0.1) is 0 Å². The second-order valence-corrected chi connectivity index (χ2v) is 2.85. The van der Waals surface area contributed by atoms with Crippen LogP contribution in [0.2, 0.25) is 0 Å². The Morgan fingerprint density at radius 3 is 2.45 bits per heavy atom. The van der Waals surface area contributed by atoms with Crippen LogP contribution < -0.4 is 0 Å². The Balaban J connectivity index is 2.58. The SMILES string of the molecule is CC1=NCCC(C(F)(F)F)C1. The van der Waals surface area contributed by atoms with E-state index in [4.69, 9.17) is 0 Å². The van der Waals surface area contributed by atoms with Crippen molar-refractivity contribution >= 4 is 5.71 Å². The van der Waals surface area contributed by atoms with Gasteiger partial charge >= 0.3 is 6.18 Å². The molecule has 0 aromatic heterocycles. The van der Waals surface area contributed by atoms with E-state index in [-0.39, 0.29) is 12.8 Å². The lowest BCUT2D eigenvalue weighted by Crippen LogP contribution is -2.28. The van der Waals surface area contributed by atoms with Crippen LogP contribution in [-0.4, -0.2) is 18.4 Å². The molecule has 0 aromatic carbocycles. The third-order valence-electron chi connectivity index (χ3n) is 1.86. The standard InChI is InChI=1S/C7H10F3N/c1-5-4-6(2-3-11-5)7(8,9)10/h6H,2-4H2,1H3.